The molecule has 4 heteroatoms. The lowest BCUT2D eigenvalue weighted by Gasteiger charge is -2.33. The van der Waals surface area contributed by atoms with E-state index in [-0.39, 0.29) is 5.54 Å². The molecule has 1 aliphatic heterocycles. The monoisotopic (exact) mass is 263 g/mol. The van der Waals surface area contributed by atoms with Crippen molar-refractivity contribution >= 4 is 11.6 Å². The molecule has 2 rings (SSSR count). The third-order valence-corrected chi connectivity index (χ3v) is 3.16. The zero-order valence-corrected chi connectivity index (χ0v) is 12.4. The van der Waals surface area contributed by atoms with Crippen LogP contribution in [0.3, 0.4) is 0 Å². The third kappa shape index (κ3) is 4.10. The van der Waals surface area contributed by atoms with Crippen molar-refractivity contribution in [2.75, 3.05) is 29.9 Å². The average Bonchev–Trinajstić information content (AvgIpc) is 2.37. The van der Waals surface area contributed by atoms with Crippen LogP contribution in [0.5, 0.6) is 0 Å². The van der Waals surface area contributed by atoms with Crippen LogP contribution in [0.15, 0.2) is 18.2 Å². The first-order chi connectivity index (χ1) is 8.98. The van der Waals surface area contributed by atoms with Gasteiger partial charge in [0.1, 0.15) is 11.6 Å². The molecule has 0 radical (unpaired) electrons. The number of nitrogens with zero attached hydrogens (tertiary/aromatic N) is 2. The Morgan fingerprint density at radius 2 is 2.21 bits per heavy atom. The Hall–Kier alpha value is -1.29. The maximum Gasteiger partial charge on any atom is 0.131 e. The first-order valence-corrected chi connectivity index (χ1v) is 7.10. The highest BCUT2D eigenvalue weighted by atomic mass is 16.5. The molecule has 1 aromatic rings. The molecule has 1 unspecified atom stereocenters. The number of aromatic nitrogens is 1. The van der Waals surface area contributed by atoms with Crippen LogP contribution >= 0.6 is 0 Å². The van der Waals surface area contributed by atoms with Crippen LogP contribution in [0.25, 0.3) is 0 Å². The molecule has 1 N–H and O–H groups in total. The quantitative estimate of drug-likeness (QED) is 0.910. The average molecular weight is 263 g/mol. The van der Waals surface area contributed by atoms with E-state index in [1.54, 1.807) is 0 Å². The molecule has 0 bridgehead atoms. The van der Waals surface area contributed by atoms with E-state index in [1.807, 2.05) is 6.07 Å². The fraction of sp³-hybridized carbons (Fsp3) is 0.667. The molecule has 0 aliphatic carbocycles. The van der Waals surface area contributed by atoms with Gasteiger partial charge in [-0.1, -0.05) is 13.0 Å². The van der Waals surface area contributed by atoms with E-state index in [1.165, 1.54) is 0 Å². The molecule has 4 nitrogen and oxygen atoms in total. The van der Waals surface area contributed by atoms with Gasteiger partial charge in [-0.05, 0) is 39.3 Å². The highest BCUT2D eigenvalue weighted by Crippen LogP contribution is 2.20. The third-order valence-electron chi connectivity index (χ3n) is 3.16. The van der Waals surface area contributed by atoms with Gasteiger partial charge in [0.25, 0.3) is 0 Å². The number of hydrogen-bond donors (Lipinski definition) is 1. The van der Waals surface area contributed by atoms with Gasteiger partial charge in [0, 0.05) is 18.6 Å². The second-order valence-corrected chi connectivity index (χ2v) is 6.10. The molecule has 1 aromatic heterocycles. The Labute approximate surface area is 116 Å². The van der Waals surface area contributed by atoms with E-state index >= 15 is 0 Å². The predicted molar refractivity (Wildman–Crippen MR) is 79.9 cm³/mol. The zero-order chi connectivity index (χ0) is 13.9. The Morgan fingerprint density at radius 1 is 1.42 bits per heavy atom. The Kier molecular flexibility index (Phi) is 4.30. The van der Waals surface area contributed by atoms with Gasteiger partial charge in [0.2, 0.25) is 0 Å². The molecule has 1 saturated heterocycles. The van der Waals surface area contributed by atoms with Crippen molar-refractivity contribution in [2.24, 2.45) is 0 Å². The SMILES string of the molecule is CCC1CN(c2cccc(NC(C)(C)C)n2)CCO1. The summed E-state index contributed by atoms with van der Waals surface area (Å²) in [5.41, 5.74) is 0.0303. The van der Waals surface area contributed by atoms with Gasteiger partial charge < -0.3 is 15.0 Å². The van der Waals surface area contributed by atoms with Crippen LogP contribution in [0.4, 0.5) is 11.6 Å². The van der Waals surface area contributed by atoms with Crippen molar-refractivity contribution in [3.8, 4) is 0 Å². The smallest absolute Gasteiger partial charge is 0.131 e. The lowest BCUT2D eigenvalue weighted by Crippen LogP contribution is -2.42. The molecular formula is C15H25N3O. The topological polar surface area (TPSA) is 37.4 Å². The van der Waals surface area contributed by atoms with Crippen LogP contribution in [0.1, 0.15) is 34.1 Å². The van der Waals surface area contributed by atoms with E-state index in [0.29, 0.717) is 6.10 Å². The van der Waals surface area contributed by atoms with Crippen LogP contribution in [0.2, 0.25) is 0 Å². The number of hydrogen-bond acceptors (Lipinski definition) is 4. The van der Waals surface area contributed by atoms with E-state index in [9.17, 15) is 0 Å². The summed E-state index contributed by atoms with van der Waals surface area (Å²) in [5.74, 6) is 1.97. The lowest BCUT2D eigenvalue weighted by molar-refractivity contribution is 0.0382. The van der Waals surface area contributed by atoms with Gasteiger partial charge >= 0.3 is 0 Å². The molecule has 1 atom stereocenters. The summed E-state index contributed by atoms with van der Waals surface area (Å²) in [4.78, 5) is 7.02. The van der Waals surface area contributed by atoms with Crippen molar-refractivity contribution in [1.82, 2.24) is 4.98 Å². The minimum atomic E-state index is 0.0303. The Balaban J connectivity index is 2.09. The standard InChI is InChI=1S/C15H25N3O/c1-5-12-11-18(9-10-19-12)14-8-6-7-13(16-14)17-15(2,3)4/h6-8,12H,5,9-11H2,1-4H3,(H,16,17). The van der Waals surface area contributed by atoms with Crippen molar-refractivity contribution in [3.63, 3.8) is 0 Å². The van der Waals surface area contributed by atoms with E-state index < -0.39 is 0 Å². The van der Waals surface area contributed by atoms with Crippen LogP contribution < -0.4 is 10.2 Å². The summed E-state index contributed by atoms with van der Waals surface area (Å²) < 4.78 is 5.70. The zero-order valence-electron chi connectivity index (χ0n) is 12.4. The summed E-state index contributed by atoms with van der Waals surface area (Å²) in [7, 11) is 0. The van der Waals surface area contributed by atoms with Crippen molar-refractivity contribution < 1.29 is 4.74 Å². The molecule has 0 amide bonds. The number of anilines is 2. The lowest BCUT2D eigenvalue weighted by atomic mass is 10.1. The molecular weight excluding hydrogens is 238 g/mol. The van der Waals surface area contributed by atoms with Gasteiger partial charge in [-0.25, -0.2) is 4.98 Å². The van der Waals surface area contributed by atoms with Crippen molar-refractivity contribution in [2.45, 2.75) is 45.8 Å². The van der Waals surface area contributed by atoms with E-state index in [2.05, 4.69) is 50.0 Å². The Morgan fingerprint density at radius 3 is 2.89 bits per heavy atom. The van der Waals surface area contributed by atoms with Gasteiger partial charge in [0.05, 0.1) is 12.7 Å². The molecule has 1 aliphatic rings. The fourth-order valence-electron chi connectivity index (χ4n) is 2.23. The molecule has 1 fully saturated rings. The molecule has 19 heavy (non-hydrogen) atoms. The molecule has 0 aromatic carbocycles. The van der Waals surface area contributed by atoms with Crippen LogP contribution in [-0.2, 0) is 4.74 Å². The maximum atomic E-state index is 5.70. The Bertz CT molecular complexity index is 414. The number of morpholine rings is 1. The van der Waals surface area contributed by atoms with Gasteiger partial charge in [0.15, 0.2) is 0 Å². The van der Waals surface area contributed by atoms with E-state index in [0.717, 1.165) is 37.8 Å². The number of nitrogens with one attached hydrogen (secondary N) is 1. The molecule has 0 saturated carbocycles. The largest absolute Gasteiger partial charge is 0.375 e. The summed E-state index contributed by atoms with van der Waals surface area (Å²) in [5, 5.41) is 3.42. The first kappa shape index (κ1) is 14.1. The van der Waals surface area contributed by atoms with Gasteiger partial charge in [-0.2, -0.15) is 0 Å². The second kappa shape index (κ2) is 5.78. The molecule has 2 heterocycles. The summed E-state index contributed by atoms with van der Waals surface area (Å²) in [6, 6.07) is 6.16. The number of rotatable bonds is 3. The van der Waals surface area contributed by atoms with Gasteiger partial charge in [-0.15, -0.1) is 0 Å². The first-order valence-electron chi connectivity index (χ1n) is 7.10. The second-order valence-electron chi connectivity index (χ2n) is 6.10. The molecule has 106 valence electrons. The summed E-state index contributed by atoms with van der Waals surface area (Å²) in [6.45, 7) is 11.2. The predicted octanol–water partition coefficient (Wildman–Crippen LogP) is 2.91. The summed E-state index contributed by atoms with van der Waals surface area (Å²) >= 11 is 0. The molecule has 0 spiro atoms. The van der Waals surface area contributed by atoms with Crippen LogP contribution in [-0.4, -0.2) is 36.3 Å². The fourth-order valence-corrected chi connectivity index (χ4v) is 2.23. The minimum Gasteiger partial charge on any atom is -0.375 e. The minimum absolute atomic E-state index is 0.0303. The van der Waals surface area contributed by atoms with Crippen LogP contribution in [0, 0.1) is 0 Å². The normalized spacial score (nSPS) is 20.4. The van der Waals surface area contributed by atoms with E-state index in [4.69, 9.17) is 9.72 Å². The van der Waals surface area contributed by atoms with Gasteiger partial charge in [-0.3, -0.25) is 0 Å². The highest BCUT2D eigenvalue weighted by molar-refractivity contribution is 5.48. The number of pyridine rings is 1. The van der Waals surface area contributed by atoms with Crippen molar-refractivity contribution in [1.29, 1.82) is 0 Å². The van der Waals surface area contributed by atoms with Crippen molar-refractivity contribution in [3.05, 3.63) is 18.2 Å². The number of ether oxygens (including phenoxy) is 1. The highest BCUT2D eigenvalue weighted by Gasteiger charge is 2.20. The summed E-state index contributed by atoms with van der Waals surface area (Å²) in [6.07, 6.45) is 1.38. The maximum absolute atomic E-state index is 5.70.